The molecule has 0 N–H and O–H groups in total. The van der Waals surface area contributed by atoms with Crippen molar-refractivity contribution in [2.24, 2.45) is 7.05 Å². The first-order valence-corrected chi connectivity index (χ1v) is 13.0. The first-order chi connectivity index (χ1) is 17.2. The molecule has 2 aromatic rings. The zero-order valence-corrected chi connectivity index (χ0v) is 22.4. The van der Waals surface area contributed by atoms with Gasteiger partial charge in [0.2, 0.25) is 5.69 Å². The predicted octanol–water partition coefficient (Wildman–Crippen LogP) is 3.58. The second-order valence-corrected chi connectivity index (χ2v) is 10.2. The van der Waals surface area contributed by atoms with Crippen LogP contribution in [0.2, 0.25) is 10.2 Å². The van der Waals surface area contributed by atoms with Crippen LogP contribution < -0.4 is 10.5 Å². The van der Waals surface area contributed by atoms with Crippen LogP contribution >= 0.6 is 23.2 Å². The zero-order valence-electron chi connectivity index (χ0n) is 20.8. The number of piperidine rings is 1. The lowest BCUT2D eigenvalue weighted by atomic mass is 9.98. The standard InChI is InChI=1S/C25H32Cl2FN5O3/c1-4-18-15-32(23-22(27)29-21(25(35)36-3)24(34)30(23)2)11-12-33(18)19-7-9-31(10-8-19)14-16-5-6-17(26)13-20(16)28/h5-6,13,18-19H,4,7-12,14-15H2,1-3H3. The quantitative estimate of drug-likeness (QED) is 0.519. The lowest BCUT2D eigenvalue weighted by molar-refractivity contribution is 0.0588. The van der Waals surface area contributed by atoms with Gasteiger partial charge in [0.05, 0.1) is 7.11 Å². The van der Waals surface area contributed by atoms with Crippen LogP contribution in [-0.4, -0.2) is 77.2 Å². The highest BCUT2D eigenvalue weighted by molar-refractivity contribution is 6.32. The zero-order chi connectivity index (χ0) is 26.0. The average Bonchev–Trinajstić information content (AvgIpc) is 2.88. The SMILES string of the molecule is CCC1CN(c2c(Cl)nc(C(=O)OC)c(=O)n2C)CCN1C1CCN(Cc2ccc(Cl)cc2F)CC1. The van der Waals surface area contributed by atoms with Gasteiger partial charge in [-0.05, 0) is 44.5 Å². The number of rotatable bonds is 6. The van der Waals surface area contributed by atoms with Crippen LogP contribution in [0, 0.1) is 5.82 Å². The molecule has 2 saturated heterocycles. The van der Waals surface area contributed by atoms with E-state index in [1.165, 1.54) is 17.7 Å². The summed E-state index contributed by atoms with van der Waals surface area (Å²) in [5.41, 5.74) is -0.168. The number of carbonyl (C=O) groups excluding carboxylic acids is 1. The van der Waals surface area contributed by atoms with Gasteiger partial charge in [0.25, 0.3) is 5.56 Å². The number of likely N-dealkylation sites (tertiary alicyclic amines) is 1. The number of aromatic nitrogens is 2. The molecule has 0 bridgehead atoms. The van der Waals surface area contributed by atoms with Crippen LogP contribution in [0.5, 0.6) is 0 Å². The highest BCUT2D eigenvalue weighted by Gasteiger charge is 2.35. The van der Waals surface area contributed by atoms with E-state index in [-0.39, 0.29) is 22.7 Å². The minimum Gasteiger partial charge on any atom is -0.464 e. The first-order valence-electron chi connectivity index (χ1n) is 12.2. The summed E-state index contributed by atoms with van der Waals surface area (Å²) in [6.07, 6.45) is 2.98. The topological polar surface area (TPSA) is 70.9 Å². The lowest BCUT2D eigenvalue weighted by Gasteiger charge is -2.48. The maximum atomic E-state index is 14.2. The van der Waals surface area contributed by atoms with Gasteiger partial charge in [-0.3, -0.25) is 19.2 Å². The van der Waals surface area contributed by atoms with Crippen molar-refractivity contribution >= 4 is 35.0 Å². The summed E-state index contributed by atoms with van der Waals surface area (Å²) in [4.78, 5) is 35.6. The van der Waals surface area contributed by atoms with E-state index in [0.29, 0.717) is 42.1 Å². The molecule has 3 heterocycles. The normalized spacial score (nSPS) is 20.1. The van der Waals surface area contributed by atoms with Crippen molar-refractivity contribution in [2.75, 3.05) is 44.7 Å². The molecular formula is C25H32Cl2FN5O3. The van der Waals surface area contributed by atoms with Crippen molar-refractivity contribution in [3.05, 3.63) is 55.8 Å². The number of hydrogen-bond acceptors (Lipinski definition) is 7. The van der Waals surface area contributed by atoms with Crippen molar-refractivity contribution in [1.82, 2.24) is 19.4 Å². The molecule has 0 saturated carbocycles. The van der Waals surface area contributed by atoms with E-state index in [9.17, 15) is 14.0 Å². The average molecular weight is 540 g/mol. The first kappa shape index (κ1) is 26.9. The fraction of sp³-hybridized carbons (Fsp3) is 0.560. The third-order valence-electron chi connectivity index (χ3n) is 7.33. The fourth-order valence-corrected chi connectivity index (χ4v) is 5.86. The van der Waals surface area contributed by atoms with Crippen molar-refractivity contribution in [1.29, 1.82) is 0 Å². The van der Waals surface area contributed by atoms with E-state index in [1.807, 2.05) is 0 Å². The molecular weight excluding hydrogens is 508 g/mol. The predicted molar refractivity (Wildman–Crippen MR) is 139 cm³/mol. The molecule has 0 aliphatic carbocycles. The minimum absolute atomic E-state index is 0.114. The summed E-state index contributed by atoms with van der Waals surface area (Å²) in [6, 6.07) is 5.60. The molecule has 0 amide bonds. The Balaban J connectivity index is 1.41. The number of piperazine rings is 1. The molecule has 2 aliphatic rings. The van der Waals surface area contributed by atoms with Crippen LogP contribution in [0.3, 0.4) is 0 Å². The van der Waals surface area contributed by atoms with Gasteiger partial charge in [-0.25, -0.2) is 14.2 Å². The highest BCUT2D eigenvalue weighted by Crippen LogP contribution is 2.29. The smallest absolute Gasteiger partial charge is 0.362 e. The Morgan fingerprint density at radius 3 is 2.56 bits per heavy atom. The Labute approximate surface area is 220 Å². The molecule has 4 rings (SSSR count). The van der Waals surface area contributed by atoms with Gasteiger partial charge in [0, 0.05) is 55.9 Å². The van der Waals surface area contributed by atoms with E-state index in [4.69, 9.17) is 23.2 Å². The molecule has 8 nitrogen and oxygen atoms in total. The summed E-state index contributed by atoms with van der Waals surface area (Å²) < 4.78 is 20.3. The minimum atomic E-state index is -0.801. The molecule has 1 atom stereocenters. The van der Waals surface area contributed by atoms with Crippen LogP contribution in [0.1, 0.15) is 42.2 Å². The maximum Gasteiger partial charge on any atom is 0.362 e. The maximum absolute atomic E-state index is 14.2. The van der Waals surface area contributed by atoms with Crippen molar-refractivity contribution in [3.63, 3.8) is 0 Å². The number of anilines is 1. The number of nitrogens with zero attached hydrogens (tertiary/aromatic N) is 5. The largest absolute Gasteiger partial charge is 0.464 e. The Morgan fingerprint density at radius 2 is 1.92 bits per heavy atom. The molecule has 0 radical (unpaired) electrons. The molecule has 36 heavy (non-hydrogen) atoms. The van der Waals surface area contributed by atoms with E-state index >= 15 is 0 Å². The van der Waals surface area contributed by atoms with Gasteiger partial charge in [-0.2, -0.15) is 0 Å². The number of carbonyl (C=O) groups is 1. The molecule has 1 aromatic heterocycles. The molecule has 0 spiro atoms. The van der Waals surface area contributed by atoms with Gasteiger partial charge in [0.1, 0.15) is 11.6 Å². The number of ether oxygens (including phenoxy) is 1. The van der Waals surface area contributed by atoms with Gasteiger partial charge >= 0.3 is 5.97 Å². The van der Waals surface area contributed by atoms with Crippen LogP contribution in [-0.2, 0) is 18.3 Å². The van der Waals surface area contributed by atoms with E-state index < -0.39 is 11.5 Å². The fourth-order valence-electron chi connectivity index (χ4n) is 5.37. The van der Waals surface area contributed by atoms with Gasteiger partial charge < -0.3 is 9.64 Å². The summed E-state index contributed by atoms with van der Waals surface area (Å²) >= 11 is 12.3. The number of benzene rings is 1. The molecule has 11 heteroatoms. The summed E-state index contributed by atoms with van der Waals surface area (Å²) in [5.74, 6) is -0.536. The van der Waals surface area contributed by atoms with Crippen molar-refractivity contribution in [2.45, 2.75) is 44.8 Å². The summed E-state index contributed by atoms with van der Waals surface area (Å²) in [5, 5.41) is 0.528. The molecule has 2 aliphatic heterocycles. The Hall–Kier alpha value is -2.20. The Bertz CT molecular complexity index is 1170. The third kappa shape index (κ3) is 5.54. The van der Waals surface area contributed by atoms with Crippen LogP contribution in [0.4, 0.5) is 10.2 Å². The van der Waals surface area contributed by atoms with Crippen molar-refractivity contribution in [3.8, 4) is 0 Å². The molecule has 1 aromatic carbocycles. The Morgan fingerprint density at radius 1 is 1.19 bits per heavy atom. The van der Waals surface area contributed by atoms with Crippen LogP contribution in [0.15, 0.2) is 23.0 Å². The van der Waals surface area contributed by atoms with Gasteiger partial charge in [-0.15, -0.1) is 0 Å². The highest BCUT2D eigenvalue weighted by atomic mass is 35.5. The van der Waals surface area contributed by atoms with E-state index in [2.05, 4.69) is 31.3 Å². The van der Waals surface area contributed by atoms with Gasteiger partial charge in [0.15, 0.2) is 5.15 Å². The molecule has 1 unspecified atom stereocenters. The van der Waals surface area contributed by atoms with Crippen molar-refractivity contribution < 1.29 is 13.9 Å². The molecule has 2 fully saturated rings. The monoisotopic (exact) mass is 539 g/mol. The third-order valence-corrected chi connectivity index (χ3v) is 7.82. The number of esters is 1. The number of halogens is 3. The second kappa shape index (κ2) is 11.5. The van der Waals surface area contributed by atoms with Crippen LogP contribution in [0.25, 0.3) is 0 Å². The van der Waals surface area contributed by atoms with Gasteiger partial charge in [-0.1, -0.05) is 36.2 Å². The second-order valence-electron chi connectivity index (χ2n) is 9.42. The molecule has 196 valence electrons. The Kier molecular flexibility index (Phi) is 8.55. The lowest BCUT2D eigenvalue weighted by Crippen LogP contribution is -2.59. The summed E-state index contributed by atoms with van der Waals surface area (Å²) in [7, 11) is 2.81. The van der Waals surface area contributed by atoms with E-state index in [1.54, 1.807) is 19.2 Å². The number of hydrogen-bond donors (Lipinski definition) is 0. The number of methoxy groups -OCH3 is 1. The summed E-state index contributed by atoms with van der Waals surface area (Å²) in [6.45, 7) is 6.79. The van der Waals surface area contributed by atoms with E-state index in [0.717, 1.165) is 38.9 Å².